The molecule has 2 nitrogen and oxygen atoms in total. The normalized spacial score (nSPS) is 14.4. The van der Waals surface area contributed by atoms with Gasteiger partial charge in [-0.25, -0.2) is 4.39 Å². The number of carbonyl (C=O) groups excluding carboxylic acids is 1. The fourth-order valence-corrected chi connectivity index (χ4v) is 1.88. The van der Waals surface area contributed by atoms with Crippen molar-refractivity contribution in [3.05, 3.63) is 34.1 Å². The molecule has 0 heterocycles. The Labute approximate surface area is 109 Å². The summed E-state index contributed by atoms with van der Waals surface area (Å²) in [4.78, 5) is 12.1. The number of ketones is 1. The first-order chi connectivity index (χ1) is 7.92. The van der Waals surface area contributed by atoms with Gasteiger partial charge >= 0.3 is 0 Å². The van der Waals surface area contributed by atoms with E-state index < -0.39 is 5.60 Å². The monoisotopic (exact) mass is 302 g/mol. The molecule has 0 aliphatic rings. The Morgan fingerprint density at radius 1 is 1.53 bits per heavy atom. The number of ether oxygens (including phenoxy) is 1. The summed E-state index contributed by atoms with van der Waals surface area (Å²) >= 11 is 3.31. The van der Waals surface area contributed by atoms with Crippen molar-refractivity contribution in [2.75, 3.05) is 7.11 Å². The Balaban J connectivity index is 2.91. The van der Waals surface area contributed by atoms with Gasteiger partial charge in [0.05, 0.1) is 0 Å². The first-order valence-corrected chi connectivity index (χ1v) is 6.24. The highest BCUT2D eigenvalue weighted by molar-refractivity contribution is 9.10. The molecule has 0 fully saturated rings. The Hall–Kier alpha value is -0.740. The minimum atomic E-state index is -0.800. The van der Waals surface area contributed by atoms with Crippen LogP contribution in [0, 0.1) is 5.82 Å². The van der Waals surface area contributed by atoms with Crippen LogP contribution < -0.4 is 0 Å². The third-order valence-electron chi connectivity index (χ3n) is 3.07. The number of methoxy groups -OCH3 is 1. The van der Waals surface area contributed by atoms with Gasteiger partial charge < -0.3 is 4.74 Å². The molecule has 1 aromatic carbocycles. The van der Waals surface area contributed by atoms with Gasteiger partial charge in [-0.2, -0.15) is 0 Å². The smallest absolute Gasteiger partial charge is 0.168 e. The van der Waals surface area contributed by atoms with Crippen molar-refractivity contribution in [1.29, 1.82) is 0 Å². The molecular formula is C13H16BrFO2. The largest absolute Gasteiger partial charge is 0.371 e. The lowest BCUT2D eigenvalue weighted by molar-refractivity contribution is -0.138. The molecule has 0 aliphatic carbocycles. The Morgan fingerprint density at radius 2 is 2.18 bits per heavy atom. The van der Waals surface area contributed by atoms with Crippen LogP contribution in [0.1, 0.15) is 25.8 Å². The van der Waals surface area contributed by atoms with Crippen LogP contribution in [0.5, 0.6) is 0 Å². The van der Waals surface area contributed by atoms with E-state index in [1.165, 1.54) is 19.2 Å². The SMILES string of the molecule is CCC(C)(OC)C(=O)Cc1cc(F)ccc1Br. The van der Waals surface area contributed by atoms with Crippen LogP contribution in [-0.4, -0.2) is 18.5 Å². The molecule has 4 heteroatoms. The number of carbonyl (C=O) groups is 1. The van der Waals surface area contributed by atoms with Crippen molar-refractivity contribution in [2.45, 2.75) is 32.3 Å². The number of halogens is 2. The molecule has 0 saturated heterocycles. The van der Waals surface area contributed by atoms with Gasteiger partial charge in [0, 0.05) is 18.0 Å². The molecule has 0 amide bonds. The topological polar surface area (TPSA) is 26.3 Å². The number of rotatable bonds is 5. The summed E-state index contributed by atoms with van der Waals surface area (Å²) in [6.45, 7) is 3.64. The van der Waals surface area contributed by atoms with Crippen LogP contribution in [0.4, 0.5) is 4.39 Å². The molecule has 1 atom stereocenters. The number of hydrogen-bond acceptors (Lipinski definition) is 2. The van der Waals surface area contributed by atoms with E-state index in [0.29, 0.717) is 12.0 Å². The quantitative estimate of drug-likeness (QED) is 0.832. The Kier molecular flexibility index (Phi) is 4.83. The van der Waals surface area contributed by atoms with Crippen LogP contribution in [0.15, 0.2) is 22.7 Å². The van der Waals surface area contributed by atoms with E-state index in [1.807, 2.05) is 6.92 Å². The Bertz CT molecular complexity index is 414. The summed E-state index contributed by atoms with van der Waals surface area (Å²) in [5.74, 6) is -0.389. The van der Waals surface area contributed by atoms with E-state index in [0.717, 1.165) is 4.47 Å². The summed E-state index contributed by atoms with van der Waals surface area (Å²) in [5.41, 5.74) is -0.155. The molecule has 0 spiro atoms. The van der Waals surface area contributed by atoms with Crippen LogP contribution in [0.3, 0.4) is 0 Å². The van der Waals surface area contributed by atoms with Gasteiger partial charge in [-0.1, -0.05) is 22.9 Å². The maximum Gasteiger partial charge on any atom is 0.168 e. The highest BCUT2D eigenvalue weighted by Crippen LogP contribution is 2.23. The molecule has 0 radical (unpaired) electrons. The average Bonchev–Trinajstić information content (AvgIpc) is 2.32. The van der Waals surface area contributed by atoms with Crippen LogP contribution in [-0.2, 0) is 16.0 Å². The molecule has 94 valence electrons. The highest BCUT2D eigenvalue weighted by Gasteiger charge is 2.30. The van der Waals surface area contributed by atoms with E-state index >= 15 is 0 Å². The van der Waals surface area contributed by atoms with Crippen molar-refractivity contribution in [3.8, 4) is 0 Å². The maximum absolute atomic E-state index is 13.1. The Morgan fingerprint density at radius 3 is 2.71 bits per heavy atom. The van der Waals surface area contributed by atoms with Crippen LogP contribution in [0.25, 0.3) is 0 Å². The standard InChI is InChI=1S/C13H16BrFO2/c1-4-13(2,17-3)12(16)8-9-7-10(15)5-6-11(9)14/h5-7H,4,8H2,1-3H3. The predicted octanol–water partition coefficient (Wildman–Crippen LogP) is 3.51. The summed E-state index contributed by atoms with van der Waals surface area (Å²) in [5, 5.41) is 0. The molecule has 0 aromatic heterocycles. The first-order valence-electron chi connectivity index (χ1n) is 5.45. The molecule has 1 aromatic rings. The number of Topliss-reactive ketones (excluding diaryl/α,β-unsaturated/α-hetero) is 1. The lowest BCUT2D eigenvalue weighted by atomic mass is 9.92. The molecule has 0 aliphatic heterocycles. The summed E-state index contributed by atoms with van der Waals surface area (Å²) < 4.78 is 19.1. The third-order valence-corrected chi connectivity index (χ3v) is 3.85. The minimum absolute atomic E-state index is 0.0474. The van der Waals surface area contributed by atoms with E-state index in [2.05, 4.69) is 15.9 Å². The molecule has 1 unspecified atom stereocenters. The minimum Gasteiger partial charge on any atom is -0.371 e. The third kappa shape index (κ3) is 3.36. The second-order valence-electron chi connectivity index (χ2n) is 4.12. The fraction of sp³-hybridized carbons (Fsp3) is 0.462. The van der Waals surface area contributed by atoms with Gasteiger partial charge in [0.2, 0.25) is 0 Å². The van der Waals surface area contributed by atoms with E-state index in [9.17, 15) is 9.18 Å². The number of hydrogen-bond donors (Lipinski definition) is 0. The van der Waals surface area contributed by atoms with Gasteiger partial charge in [-0.15, -0.1) is 0 Å². The molecular weight excluding hydrogens is 287 g/mol. The van der Waals surface area contributed by atoms with Gasteiger partial charge in [0.1, 0.15) is 11.4 Å². The summed E-state index contributed by atoms with van der Waals surface area (Å²) in [6, 6.07) is 4.33. The highest BCUT2D eigenvalue weighted by atomic mass is 79.9. The molecule has 1 rings (SSSR count). The first kappa shape index (κ1) is 14.3. The zero-order chi connectivity index (χ0) is 13.1. The van der Waals surface area contributed by atoms with Crippen LogP contribution in [0.2, 0.25) is 0 Å². The molecule has 0 N–H and O–H groups in total. The second-order valence-corrected chi connectivity index (χ2v) is 4.98. The van der Waals surface area contributed by atoms with Gasteiger partial charge in [0.15, 0.2) is 5.78 Å². The van der Waals surface area contributed by atoms with Crippen molar-refractivity contribution in [1.82, 2.24) is 0 Å². The van der Waals surface area contributed by atoms with E-state index in [1.54, 1.807) is 13.0 Å². The lowest BCUT2D eigenvalue weighted by Gasteiger charge is -2.25. The number of benzene rings is 1. The van der Waals surface area contributed by atoms with Gasteiger partial charge in [-0.3, -0.25) is 4.79 Å². The van der Waals surface area contributed by atoms with Gasteiger partial charge in [0.25, 0.3) is 0 Å². The van der Waals surface area contributed by atoms with E-state index in [4.69, 9.17) is 4.74 Å². The summed E-state index contributed by atoms with van der Waals surface area (Å²) in [7, 11) is 1.52. The van der Waals surface area contributed by atoms with Crippen molar-refractivity contribution >= 4 is 21.7 Å². The lowest BCUT2D eigenvalue weighted by Crippen LogP contribution is -2.37. The molecule has 17 heavy (non-hydrogen) atoms. The fourth-order valence-electron chi connectivity index (χ4n) is 1.49. The van der Waals surface area contributed by atoms with E-state index in [-0.39, 0.29) is 18.0 Å². The summed E-state index contributed by atoms with van der Waals surface area (Å²) in [6.07, 6.45) is 0.756. The van der Waals surface area contributed by atoms with Crippen LogP contribution >= 0.6 is 15.9 Å². The van der Waals surface area contributed by atoms with Crippen molar-refractivity contribution in [2.24, 2.45) is 0 Å². The maximum atomic E-state index is 13.1. The van der Waals surface area contributed by atoms with Crippen molar-refractivity contribution in [3.63, 3.8) is 0 Å². The predicted molar refractivity (Wildman–Crippen MR) is 68.5 cm³/mol. The second kappa shape index (κ2) is 5.74. The molecule has 0 bridgehead atoms. The molecule has 0 saturated carbocycles. The zero-order valence-corrected chi connectivity index (χ0v) is 11.8. The zero-order valence-electron chi connectivity index (χ0n) is 10.2. The van der Waals surface area contributed by atoms with Gasteiger partial charge in [-0.05, 0) is 37.1 Å². The van der Waals surface area contributed by atoms with Crippen molar-refractivity contribution < 1.29 is 13.9 Å². The average molecular weight is 303 g/mol.